The van der Waals surface area contributed by atoms with Gasteiger partial charge in [-0.15, -0.1) is 0 Å². The third kappa shape index (κ3) is 3.81. The van der Waals surface area contributed by atoms with Crippen molar-refractivity contribution in [1.82, 2.24) is 10.3 Å². The van der Waals surface area contributed by atoms with Crippen molar-refractivity contribution in [2.45, 2.75) is 25.8 Å². The Balaban J connectivity index is 2.76. The number of amides is 1. The van der Waals surface area contributed by atoms with Gasteiger partial charge in [0.25, 0.3) is 5.91 Å². The lowest BCUT2D eigenvalue weighted by Gasteiger charge is -2.25. The van der Waals surface area contributed by atoms with Gasteiger partial charge in [0.1, 0.15) is 0 Å². The molecule has 0 unspecified atom stereocenters. The SMILES string of the molecule is CC(C)(CCBr)NC(=O)c1cc[nH]c(=O)c1. The molecule has 0 radical (unpaired) electrons. The number of aromatic nitrogens is 1. The van der Waals surface area contributed by atoms with Gasteiger partial charge in [-0.1, -0.05) is 15.9 Å². The van der Waals surface area contributed by atoms with Crippen LogP contribution in [0.2, 0.25) is 0 Å². The molecule has 1 amide bonds. The molecule has 0 fully saturated rings. The molecule has 4 nitrogen and oxygen atoms in total. The van der Waals surface area contributed by atoms with E-state index in [0.717, 1.165) is 11.8 Å². The summed E-state index contributed by atoms with van der Waals surface area (Å²) in [6, 6.07) is 2.88. The Labute approximate surface area is 103 Å². The highest BCUT2D eigenvalue weighted by atomic mass is 79.9. The van der Waals surface area contributed by atoms with Crippen LogP contribution in [0.25, 0.3) is 0 Å². The lowest BCUT2D eigenvalue weighted by atomic mass is 10.0. The number of alkyl halides is 1. The zero-order chi connectivity index (χ0) is 12.2. The average molecular weight is 287 g/mol. The number of hydrogen-bond donors (Lipinski definition) is 2. The number of nitrogens with one attached hydrogen (secondary N) is 2. The van der Waals surface area contributed by atoms with E-state index in [1.165, 1.54) is 12.3 Å². The molecule has 1 rings (SSSR count). The summed E-state index contributed by atoms with van der Waals surface area (Å²) in [5.74, 6) is -0.225. The number of hydrogen-bond acceptors (Lipinski definition) is 2. The maximum Gasteiger partial charge on any atom is 0.251 e. The van der Waals surface area contributed by atoms with Gasteiger partial charge >= 0.3 is 0 Å². The number of pyridine rings is 1. The van der Waals surface area contributed by atoms with Crippen LogP contribution in [-0.2, 0) is 0 Å². The van der Waals surface area contributed by atoms with Crippen LogP contribution in [0.4, 0.5) is 0 Å². The minimum absolute atomic E-state index is 0.225. The van der Waals surface area contributed by atoms with Crippen LogP contribution < -0.4 is 10.9 Å². The van der Waals surface area contributed by atoms with Crippen molar-refractivity contribution < 1.29 is 4.79 Å². The van der Waals surface area contributed by atoms with Gasteiger partial charge in [0.2, 0.25) is 5.56 Å². The second-order valence-corrected chi connectivity index (χ2v) is 5.01. The number of rotatable bonds is 4. The predicted molar refractivity (Wildman–Crippen MR) is 67.0 cm³/mol. The van der Waals surface area contributed by atoms with Gasteiger partial charge in [-0.2, -0.15) is 0 Å². The minimum atomic E-state index is -0.289. The number of aromatic amines is 1. The number of carbonyl (C=O) groups is 1. The van der Waals surface area contributed by atoms with E-state index < -0.39 is 0 Å². The second kappa shape index (κ2) is 5.30. The first-order valence-electron chi connectivity index (χ1n) is 5.02. The van der Waals surface area contributed by atoms with E-state index in [1.807, 2.05) is 13.8 Å². The van der Waals surface area contributed by atoms with E-state index in [-0.39, 0.29) is 17.0 Å². The van der Waals surface area contributed by atoms with Gasteiger partial charge in [-0.25, -0.2) is 0 Å². The summed E-state index contributed by atoms with van der Waals surface area (Å²) in [7, 11) is 0. The van der Waals surface area contributed by atoms with Crippen LogP contribution in [0.5, 0.6) is 0 Å². The molecule has 0 aliphatic heterocycles. The van der Waals surface area contributed by atoms with Crippen molar-refractivity contribution in [2.24, 2.45) is 0 Å². The Morgan fingerprint density at radius 3 is 2.81 bits per heavy atom. The Morgan fingerprint density at radius 1 is 1.56 bits per heavy atom. The normalized spacial score (nSPS) is 11.2. The zero-order valence-electron chi connectivity index (χ0n) is 9.34. The van der Waals surface area contributed by atoms with E-state index in [2.05, 4.69) is 26.2 Å². The van der Waals surface area contributed by atoms with Gasteiger partial charge in [0, 0.05) is 28.7 Å². The quantitative estimate of drug-likeness (QED) is 0.827. The monoisotopic (exact) mass is 286 g/mol. The molecule has 16 heavy (non-hydrogen) atoms. The van der Waals surface area contributed by atoms with E-state index in [9.17, 15) is 9.59 Å². The summed E-state index contributed by atoms with van der Waals surface area (Å²) >= 11 is 3.34. The van der Waals surface area contributed by atoms with Crippen molar-refractivity contribution in [3.05, 3.63) is 34.2 Å². The van der Waals surface area contributed by atoms with Gasteiger partial charge in [0.05, 0.1) is 0 Å². The number of halogens is 1. The largest absolute Gasteiger partial charge is 0.347 e. The standard InChI is InChI=1S/C11H15BrN2O2/c1-11(2,4-5-12)14-10(16)8-3-6-13-9(15)7-8/h3,6-7H,4-5H2,1-2H3,(H,13,15)(H,14,16). The van der Waals surface area contributed by atoms with Crippen molar-refractivity contribution >= 4 is 21.8 Å². The van der Waals surface area contributed by atoms with Gasteiger partial charge < -0.3 is 10.3 Å². The van der Waals surface area contributed by atoms with Crippen LogP contribution in [0.1, 0.15) is 30.6 Å². The van der Waals surface area contributed by atoms with Crippen LogP contribution in [0.15, 0.2) is 23.1 Å². The van der Waals surface area contributed by atoms with Crippen LogP contribution in [0, 0.1) is 0 Å². The molecule has 5 heteroatoms. The summed E-state index contributed by atoms with van der Waals surface area (Å²) < 4.78 is 0. The highest BCUT2D eigenvalue weighted by Gasteiger charge is 2.20. The fourth-order valence-electron chi connectivity index (χ4n) is 1.26. The molecule has 0 aromatic carbocycles. The first-order valence-corrected chi connectivity index (χ1v) is 6.14. The first kappa shape index (κ1) is 13.0. The van der Waals surface area contributed by atoms with E-state index in [1.54, 1.807) is 6.07 Å². The van der Waals surface area contributed by atoms with Gasteiger partial charge in [0.15, 0.2) is 0 Å². The molecule has 0 atom stereocenters. The smallest absolute Gasteiger partial charge is 0.251 e. The fraction of sp³-hybridized carbons (Fsp3) is 0.455. The Morgan fingerprint density at radius 2 is 2.25 bits per heavy atom. The maximum absolute atomic E-state index is 11.8. The molecule has 1 aromatic rings. The molecule has 0 aliphatic carbocycles. The summed E-state index contributed by atoms with van der Waals surface area (Å²) in [5, 5.41) is 3.69. The van der Waals surface area contributed by atoms with Crippen LogP contribution in [0.3, 0.4) is 0 Å². The van der Waals surface area contributed by atoms with Crippen molar-refractivity contribution in [1.29, 1.82) is 0 Å². The molecule has 0 aliphatic rings. The van der Waals surface area contributed by atoms with Crippen LogP contribution in [-0.4, -0.2) is 21.8 Å². The van der Waals surface area contributed by atoms with Crippen LogP contribution >= 0.6 is 15.9 Å². The molecular weight excluding hydrogens is 272 g/mol. The Hall–Kier alpha value is -1.10. The topological polar surface area (TPSA) is 62.0 Å². The average Bonchev–Trinajstić information content (AvgIpc) is 2.16. The molecule has 0 spiro atoms. The fourth-order valence-corrected chi connectivity index (χ4v) is 2.26. The molecule has 2 N–H and O–H groups in total. The highest BCUT2D eigenvalue weighted by Crippen LogP contribution is 2.11. The molecule has 0 saturated carbocycles. The minimum Gasteiger partial charge on any atom is -0.347 e. The second-order valence-electron chi connectivity index (χ2n) is 4.22. The molecule has 0 saturated heterocycles. The van der Waals surface area contributed by atoms with Crippen molar-refractivity contribution in [2.75, 3.05) is 5.33 Å². The molecule has 0 bridgehead atoms. The zero-order valence-corrected chi connectivity index (χ0v) is 10.9. The third-order valence-electron chi connectivity index (χ3n) is 2.21. The predicted octanol–water partition coefficient (Wildman–Crippen LogP) is 1.67. The Kier molecular flexibility index (Phi) is 4.29. The number of H-pyrrole nitrogens is 1. The molecule has 1 heterocycles. The van der Waals surface area contributed by atoms with E-state index >= 15 is 0 Å². The summed E-state index contributed by atoms with van der Waals surface area (Å²) in [5.41, 5.74) is -0.180. The molecule has 88 valence electrons. The number of carbonyl (C=O) groups excluding carboxylic acids is 1. The summed E-state index contributed by atoms with van der Waals surface area (Å²) in [6.07, 6.45) is 2.29. The van der Waals surface area contributed by atoms with E-state index in [0.29, 0.717) is 5.56 Å². The molecule has 1 aromatic heterocycles. The summed E-state index contributed by atoms with van der Waals surface area (Å²) in [6.45, 7) is 3.89. The van der Waals surface area contributed by atoms with Crippen molar-refractivity contribution in [3.63, 3.8) is 0 Å². The molecular formula is C11H15BrN2O2. The highest BCUT2D eigenvalue weighted by molar-refractivity contribution is 9.09. The van der Waals surface area contributed by atoms with Gasteiger partial charge in [-0.05, 0) is 26.3 Å². The summed E-state index contributed by atoms with van der Waals surface area (Å²) in [4.78, 5) is 25.3. The first-order chi connectivity index (χ1) is 7.44. The lowest BCUT2D eigenvalue weighted by molar-refractivity contribution is 0.0911. The third-order valence-corrected chi connectivity index (χ3v) is 2.61. The van der Waals surface area contributed by atoms with E-state index in [4.69, 9.17) is 0 Å². The lowest BCUT2D eigenvalue weighted by Crippen LogP contribution is -2.43. The Bertz CT molecular complexity index is 426. The maximum atomic E-state index is 11.8. The van der Waals surface area contributed by atoms with Crippen molar-refractivity contribution in [3.8, 4) is 0 Å². The van der Waals surface area contributed by atoms with Gasteiger partial charge in [-0.3, -0.25) is 9.59 Å².